The van der Waals surface area contributed by atoms with Crippen LogP contribution in [0.15, 0.2) is 79.0 Å². The first-order valence-electron chi connectivity index (χ1n) is 12.7. The number of alkyl halides is 6. The molecule has 1 heterocycles. The molecule has 0 saturated heterocycles. The topological polar surface area (TPSA) is 69.7 Å². The van der Waals surface area contributed by atoms with Gasteiger partial charge in [-0.2, -0.15) is 26.3 Å². The monoisotopic (exact) mass is 600 g/mol. The second kappa shape index (κ2) is 11.3. The Labute approximate surface area is 241 Å². The highest BCUT2D eigenvalue weighted by Crippen LogP contribution is 2.39. The third kappa shape index (κ3) is 6.27. The van der Waals surface area contributed by atoms with Gasteiger partial charge < -0.3 is 19.5 Å². The Balaban J connectivity index is 1.44. The van der Waals surface area contributed by atoms with E-state index < -0.39 is 35.0 Å². The quantitative estimate of drug-likeness (QED) is 0.228. The summed E-state index contributed by atoms with van der Waals surface area (Å²) in [6.07, 6.45) is -3.26. The summed E-state index contributed by atoms with van der Waals surface area (Å²) >= 11 is 0. The fraction of sp³-hybridized carbons (Fsp3) is 0.161. The van der Waals surface area contributed by atoms with Crippen LogP contribution < -0.4 is 19.5 Å². The zero-order valence-corrected chi connectivity index (χ0v) is 22.6. The second-order valence-corrected chi connectivity index (χ2v) is 9.42. The molecule has 43 heavy (non-hydrogen) atoms. The predicted octanol–water partition coefficient (Wildman–Crippen LogP) is 7.97. The van der Waals surface area contributed by atoms with Crippen LogP contribution in [0, 0.1) is 0 Å². The lowest BCUT2D eigenvalue weighted by Crippen LogP contribution is -2.24. The molecule has 1 aliphatic carbocycles. The zero-order chi connectivity index (χ0) is 30.9. The number of halogens is 6. The largest absolute Gasteiger partial charge is 0.493 e. The van der Waals surface area contributed by atoms with E-state index in [0.717, 1.165) is 0 Å². The Morgan fingerprint density at radius 1 is 0.837 bits per heavy atom. The molecule has 5 rings (SSSR count). The lowest BCUT2D eigenvalue weighted by molar-refractivity contribution is -0.143. The summed E-state index contributed by atoms with van der Waals surface area (Å²) in [5, 5.41) is 3.12. The first-order valence-corrected chi connectivity index (χ1v) is 12.7. The molecule has 6 nitrogen and oxygen atoms in total. The number of ether oxygens (including phenoxy) is 3. The summed E-state index contributed by atoms with van der Waals surface area (Å²) in [4.78, 5) is 17.3. The summed E-state index contributed by atoms with van der Waals surface area (Å²) in [6.45, 7) is 0. The van der Waals surface area contributed by atoms with Crippen molar-refractivity contribution in [2.45, 2.75) is 18.8 Å². The third-order valence-electron chi connectivity index (χ3n) is 6.64. The molecule has 1 amide bonds. The number of carbonyl (C=O) groups excluding carboxylic acids is 1. The molecule has 0 fully saturated rings. The normalized spacial score (nSPS) is 13.2. The minimum atomic E-state index is -5.08. The Morgan fingerprint density at radius 3 is 2.16 bits per heavy atom. The number of rotatable bonds is 6. The predicted molar refractivity (Wildman–Crippen MR) is 146 cm³/mol. The molecule has 1 aliphatic rings. The van der Waals surface area contributed by atoms with Crippen LogP contribution in [0.5, 0.6) is 23.0 Å². The van der Waals surface area contributed by atoms with E-state index in [1.54, 1.807) is 54.7 Å². The number of hydrogen-bond donors (Lipinski definition) is 1. The lowest BCUT2D eigenvalue weighted by Gasteiger charge is -2.17. The first kappa shape index (κ1) is 29.5. The summed E-state index contributed by atoms with van der Waals surface area (Å²) < 4.78 is 96.8. The van der Waals surface area contributed by atoms with Crippen LogP contribution in [0.25, 0.3) is 16.6 Å². The Bertz CT molecular complexity index is 1740. The van der Waals surface area contributed by atoms with Gasteiger partial charge in [-0.1, -0.05) is 12.2 Å². The van der Waals surface area contributed by atoms with Gasteiger partial charge in [0.15, 0.2) is 11.5 Å². The standard InChI is InChI=1S/C31H22F6N2O4/c1-41-27-15-23-25(16-28(27)42-2)38-10-9-26(23)43-21-7-8-22-17(13-21)5-3-4-6-24(22)39-29(40)18-11-19(30(32,33)34)14-20(12-18)31(35,36)37/h3-4,6-16H,5H2,1-2H3,(H,39,40). The van der Waals surface area contributed by atoms with E-state index in [1.165, 1.54) is 20.3 Å². The minimum Gasteiger partial charge on any atom is -0.493 e. The van der Waals surface area contributed by atoms with Gasteiger partial charge in [-0.3, -0.25) is 9.78 Å². The molecule has 0 bridgehead atoms. The maximum absolute atomic E-state index is 13.3. The molecular formula is C31H22F6N2O4. The van der Waals surface area contributed by atoms with Gasteiger partial charge >= 0.3 is 12.4 Å². The Morgan fingerprint density at radius 2 is 1.51 bits per heavy atom. The van der Waals surface area contributed by atoms with Crippen molar-refractivity contribution in [3.8, 4) is 23.0 Å². The number of hydrogen-bond acceptors (Lipinski definition) is 5. The van der Waals surface area contributed by atoms with Crippen LogP contribution in [0.1, 0.15) is 32.6 Å². The van der Waals surface area contributed by atoms with Crippen molar-refractivity contribution < 1.29 is 45.3 Å². The number of amides is 1. The molecule has 12 heteroatoms. The van der Waals surface area contributed by atoms with Gasteiger partial charge in [0.25, 0.3) is 5.91 Å². The van der Waals surface area contributed by atoms with Gasteiger partial charge in [-0.05, 0) is 66.6 Å². The molecule has 0 saturated carbocycles. The van der Waals surface area contributed by atoms with Crippen LogP contribution in [-0.4, -0.2) is 25.1 Å². The number of methoxy groups -OCH3 is 2. The molecule has 1 aromatic heterocycles. The number of fused-ring (bicyclic) bond motifs is 2. The van der Waals surface area contributed by atoms with E-state index in [2.05, 4.69) is 10.3 Å². The van der Waals surface area contributed by atoms with Crippen LogP contribution in [0.3, 0.4) is 0 Å². The fourth-order valence-corrected chi connectivity index (χ4v) is 4.57. The highest BCUT2D eigenvalue weighted by Gasteiger charge is 2.37. The van der Waals surface area contributed by atoms with Gasteiger partial charge in [0.1, 0.15) is 11.5 Å². The van der Waals surface area contributed by atoms with Gasteiger partial charge in [0, 0.05) is 34.5 Å². The number of allylic oxidation sites excluding steroid dienone is 3. The van der Waals surface area contributed by atoms with Crippen molar-refractivity contribution in [1.29, 1.82) is 0 Å². The molecule has 0 atom stereocenters. The molecule has 1 N–H and O–H groups in total. The average Bonchev–Trinajstić information content (AvgIpc) is 3.17. The first-order chi connectivity index (χ1) is 20.4. The molecular weight excluding hydrogens is 578 g/mol. The zero-order valence-electron chi connectivity index (χ0n) is 22.6. The number of benzene rings is 3. The van der Waals surface area contributed by atoms with Crippen molar-refractivity contribution >= 4 is 22.5 Å². The van der Waals surface area contributed by atoms with Crippen molar-refractivity contribution in [1.82, 2.24) is 10.3 Å². The van der Waals surface area contributed by atoms with Crippen LogP contribution >= 0.6 is 0 Å². The summed E-state index contributed by atoms with van der Waals surface area (Å²) in [6, 6.07) is 10.9. The molecule has 4 aromatic rings. The maximum Gasteiger partial charge on any atom is 0.416 e. The number of pyridine rings is 1. The minimum absolute atomic E-state index is 0.0279. The Kier molecular flexibility index (Phi) is 7.78. The van der Waals surface area contributed by atoms with Crippen molar-refractivity contribution in [2.24, 2.45) is 0 Å². The van der Waals surface area contributed by atoms with Gasteiger partial charge in [-0.25, -0.2) is 0 Å². The average molecular weight is 601 g/mol. The van der Waals surface area contributed by atoms with Crippen molar-refractivity contribution in [3.05, 3.63) is 107 Å². The highest BCUT2D eigenvalue weighted by atomic mass is 19.4. The lowest BCUT2D eigenvalue weighted by atomic mass is 10.0. The smallest absolute Gasteiger partial charge is 0.416 e. The Hall–Kier alpha value is -5.00. The fourth-order valence-electron chi connectivity index (χ4n) is 4.57. The van der Waals surface area contributed by atoms with E-state index in [9.17, 15) is 31.1 Å². The van der Waals surface area contributed by atoms with Gasteiger partial charge in [0.05, 0.1) is 30.9 Å². The van der Waals surface area contributed by atoms with Crippen molar-refractivity contribution in [2.75, 3.05) is 14.2 Å². The molecule has 0 aliphatic heterocycles. The maximum atomic E-state index is 13.3. The van der Waals surface area contributed by atoms with E-state index in [0.29, 0.717) is 63.6 Å². The number of nitrogens with one attached hydrogen (secondary N) is 1. The van der Waals surface area contributed by atoms with Crippen LogP contribution in [-0.2, 0) is 18.8 Å². The van der Waals surface area contributed by atoms with E-state index in [1.807, 2.05) is 0 Å². The number of carbonyl (C=O) groups is 1. The molecule has 3 aromatic carbocycles. The second-order valence-electron chi connectivity index (χ2n) is 9.42. The SMILES string of the molecule is COc1cc2nccc(Oc3ccc4c(c3)CC=CC=C4NC(=O)c3cc(C(F)(F)F)cc(C(F)(F)F)c3)c2cc1OC. The van der Waals surface area contributed by atoms with Crippen molar-refractivity contribution in [3.63, 3.8) is 0 Å². The van der Waals surface area contributed by atoms with E-state index in [4.69, 9.17) is 14.2 Å². The van der Waals surface area contributed by atoms with Crippen LogP contribution in [0.2, 0.25) is 0 Å². The van der Waals surface area contributed by atoms with Crippen LogP contribution in [0.4, 0.5) is 26.3 Å². The van der Waals surface area contributed by atoms with Gasteiger partial charge in [0.2, 0.25) is 0 Å². The molecule has 222 valence electrons. The number of aromatic nitrogens is 1. The summed E-state index contributed by atoms with van der Waals surface area (Å²) in [7, 11) is 3.02. The summed E-state index contributed by atoms with van der Waals surface area (Å²) in [5.74, 6) is 0.766. The van der Waals surface area contributed by atoms with E-state index >= 15 is 0 Å². The highest BCUT2D eigenvalue weighted by molar-refractivity contribution is 6.00. The third-order valence-corrected chi connectivity index (χ3v) is 6.64. The van der Waals surface area contributed by atoms with E-state index in [-0.39, 0.29) is 11.8 Å². The summed E-state index contributed by atoms with van der Waals surface area (Å²) in [5.41, 5.74) is -1.95. The number of nitrogens with zero attached hydrogens (tertiary/aromatic N) is 1. The molecule has 0 radical (unpaired) electrons. The molecule has 0 unspecified atom stereocenters. The molecule has 0 spiro atoms. The van der Waals surface area contributed by atoms with Gasteiger partial charge in [-0.15, -0.1) is 0 Å².